The Balaban J connectivity index is 1.26. The second-order valence-electron chi connectivity index (χ2n) is 10.8. The largest absolute Gasteiger partial charge is 0.350 e. The average molecular weight is 313 g/mol. The standard InChI is InChI=1S/C21H31NO/c23-19(20-7-13-1-14(8-20)3-15(2-13)9-20)22-21-10-16-4-17(11-21)6-18(5-16)12-21/h13-18H,1-12H2,(H,22,23). The molecule has 1 N–H and O–H groups in total. The maximum absolute atomic E-state index is 13.5. The second kappa shape index (κ2) is 4.35. The van der Waals surface area contributed by atoms with Crippen LogP contribution in [0.1, 0.15) is 77.0 Å². The van der Waals surface area contributed by atoms with Crippen molar-refractivity contribution in [3.63, 3.8) is 0 Å². The topological polar surface area (TPSA) is 29.1 Å². The van der Waals surface area contributed by atoms with E-state index in [9.17, 15) is 4.79 Å². The molecule has 0 saturated heterocycles. The van der Waals surface area contributed by atoms with Gasteiger partial charge in [-0.15, -0.1) is 0 Å². The summed E-state index contributed by atoms with van der Waals surface area (Å²) in [5.41, 5.74) is 0.271. The van der Waals surface area contributed by atoms with Crippen molar-refractivity contribution in [3.05, 3.63) is 0 Å². The van der Waals surface area contributed by atoms with Crippen LogP contribution in [0.5, 0.6) is 0 Å². The van der Waals surface area contributed by atoms with Crippen LogP contribution >= 0.6 is 0 Å². The van der Waals surface area contributed by atoms with Crippen molar-refractivity contribution >= 4 is 5.91 Å². The van der Waals surface area contributed by atoms with E-state index in [-0.39, 0.29) is 11.0 Å². The molecule has 0 spiro atoms. The Kier molecular flexibility index (Phi) is 2.60. The van der Waals surface area contributed by atoms with E-state index in [0.717, 1.165) is 35.5 Å². The van der Waals surface area contributed by atoms with E-state index in [1.807, 2.05) is 0 Å². The van der Waals surface area contributed by atoms with Crippen molar-refractivity contribution in [3.8, 4) is 0 Å². The molecule has 0 aliphatic heterocycles. The summed E-state index contributed by atoms with van der Waals surface area (Å²) in [6, 6.07) is 0. The van der Waals surface area contributed by atoms with Crippen LogP contribution in [0.15, 0.2) is 0 Å². The predicted molar refractivity (Wildman–Crippen MR) is 89.7 cm³/mol. The zero-order valence-electron chi connectivity index (χ0n) is 14.4. The summed E-state index contributed by atoms with van der Waals surface area (Å²) in [4.78, 5) is 13.5. The van der Waals surface area contributed by atoms with Gasteiger partial charge >= 0.3 is 0 Å². The molecule has 0 aromatic rings. The summed E-state index contributed by atoms with van der Waals surface area (Å²) in [6.45, 7) is 0. The first-order valence-electron chi connectivity index (χ1n) is 10.4. The molecule has 0 aromatic heterocycles. The van der Waals surface area contributed by atoms with Gasteiger partial charge in [-0.05, 0) is 113 Å². The molecule has 0 unspecified atom stereocenters. The van der Waals surface area contributed by atoms with Gasteiger partial charge in [-0.1, -0.05) is 0 Å². The van der Waals surface area contributed by atoms with Crippen LogP contribution in [-0.2, 0) is 4.79 Å². The molecule has 0 heterocycles. The van der Waals surface area contributed by atoms with Crippen LogP contribution in [0.3, 0.4) is 0 Å². The van der Waals surface area contributed by atoms with Gasteiger partial charge in [0, 0.05) is 11.0 Å². The van der Waals surface area contributed by atoms with Crippen LogP contribution in [-0.4, -0.2) is 11.4 Å². The number of carbonyl (C=O) groups is 1. The Morgan fingerprint density at radius 1 is 0.609 bits per heavy atom. The lowest BCUT2D eigenvalue weighted by Crippen LogP contribution is -2.64. The summed E-state index contributed by atoms with van der Waals surface area (Å²) >= 11 is 0. The summed E-state index contributed by atoms with van der Waals surface area (Å²) in [7, 11) is 0. The average Bonchev–Trinajstić information content (AvgIpc) is 2.43. The van der Waals surface area contributed by atoms with Gasteiger partial charge in [0.1, 0.15) is 0 Å². The highest BCUT2D eigenvalue weighted by Crippen LogP contribution is 2.61. The molecule has 8 saturated carbocycles. The molecule has 0 aromatic carbocycles. The predicted octanol–water partition coefficient (Wildman–Crippen LogP) is 4.29. The minimum Gasteiger partial charge on any atom is -0.350 e. The molecule has 23 heavy (non-hydrogen) atoms. The van der Waals surface area contributed by atoms with Crippen molar-refractivity contribution in [1.82, 2.24) is 5.32 Å². The minimum atomic E-state index is 0.0537. The first kappa shape index (κ1) is 13.7. The van der Waals surface area contributed by atoms with Crippen molar-refractivity contribution in [1.29, 1.82) is 0 Å². The van der Waals surface area contributed by atoms with E-state index in [1.54, 1.807) is 0 Å². The molecule has 0 atom stereocenters. The normalized spacial score (nSPS) is 58.6. The van der Waals surface area contributed by atoms with E-state index in [0.29, 0.717) is 5.91 Å². The van der Waals surface area contributed by atoms with Gasteiger partial charge in [-0.3, -0.25) is 4.79 Å². The molecule has 126 valence electrons. The smallest absolute Gasteiger partial charge is 0.226 e. The summed E-state index contributed by atoms with van der Waals surface area (Å²) in [5.74, 6) is 5.92. The van der Waals surface area contributed by atoms with Gasteiger partial charge in [0.05, 0.1) is 0 Å². The highest BCUT2D eigenvalue weighted by molar-refractivity contribution is 5.84. The first-order valence-corrected chi connectivity index (χ1v) is 10.4. The van der Waals surface area contributed by atoms with E-state index in [2.05, 4.69) is 5.32 Å². The van der Waals surface area contributed by atoms with Crippen LogP contribution in [0.25, 0.3) is 0 Å². The molecule has 0 radical (unpaired) electrons. The lowest BCUT2D eigenvalue weighted by molar-refractivity contribution is -0.151. The fraction of sp³-hybridized carbons (Fsp3) is 0.952. The van der Waals surface area contributed by atoms with Crippen molar-refractivity contribution in [2.75, 3.05) is 0 Å². The van der Waals surface area contributed by atoms with Gasteiger partial charge in [0.25, 0.3) is 0 Å². The Bertz CT molecular complexity index is 479. The first-order chi connectivity index (χ1) is 11.1. The molecular formula is C21H31NO. The lowest BCUT2D eigenvalue weighted by atomic mass is 9.48. The lowest BCUT2D eigenvalue weighted by Gasteiger charge is -2.59. The molecule has 8 rings (SSSR count). The molecule has 8 aliphatic carbocycles. The third kappa shape index (κ3) is 1.96. The quantitative estimate of drug-likeness (QED) is 0.809. The number of nitrogens with one attached hydrogen (secondary N) is 1. The molecule has 2 heteroatoms. The molecule has 8 aliphatic rings. The highest BCUT2D eigenvalue weighted by atomic mass is 16.2. The van der Waals surface area contributed by atoms with Gasteiger partial charge in [0.15, 0.2) is 0 Å². The number of rotatable bonds is 2. The maximum Gasteiger partial charge on any atom is 0.226 e. The van der Waals surface area contributed by atoms with Gasteiger partial charge in [-0.2, -0.15) is 0 Å². The fourth-order valence-corrected chi connectivity index (χ4v) is 9.03. The van der Waals surface area contributed by atoms with E-state index in [4.69, 9.17) is 0 Å². The van der Waals surface area contributed by atoms with Crippen molar-refractivity contribution in [2.24, 2.45) is 40.9 Å². The molecule has 1 amide bonds. The van der Waals surface area contributed by atoms with Gasteiger partial charge in [-0.25, -0.2) is 0 Å². The van der Waals surface area contributed by atoms with E-state index >= 15 is 0 Å². The zero-order valence-corrected chi connectivity index (χ0v) is 14.4. The van der Waals surface area contributed by atoms with Crippen molar-refractivity contribution in [2.45, 2.75) is 82.6 Å². The number of amides is 1. The van der Waals surface area contributed by atoms with Crippen LogP contribution < -0.4 is 5.32 Å². The Morgan fingerprint density at radius 3 is 1.35 bits per heavy atom. The number of carbonyl (C=O) groups excluding carboxylic acids is 1. The monoisotopic (exact) mass is 313 g/mol. The second-order valence-corrected chi connectivity index (χ2v) is 10.8. The number of hydrogen-bond acceptors (Lipinski definition) is 1. The summed E-state index contributed by atoms with van der Waals surface area (Å²) in [6.07, 6.45) is 16.3. The Morgan fingerprint density at radius 2 is 0.957 bits per heavy atom. The Hall–Kier alpha value is -0.530. The number of hydrogen-bond donors (Lipinski definition) is 1. The van der Waals surface area contributed by atoms with Crippen LogP contribution in [0.2, 0.25) is 0 Å². The van der Waals surface area contributed by atoms with E-state index < -0.39 is 0 Å². The maximum atomic E-state index is 13.5. The molecule has 8 bridgehead atoms. The SMILES string of the molecule is O=C(NC12CC3CC(CC(C3)C1)C2)C12CC3CC(CC(C3)C1)C2. The minimum absolute atomic E-state index is 0.0537. The van der Waals surface area contributed by atoms with Gasteiger partial charge < -0.3 is 5.32 Å². The summed E-state index contributed by atoms with van der Waals surface area (Å²) < 4.78 is 0. The molecule has 8 fully saturated rings. The molecular weight excluding hydrogens is 282 g/mol. The molecule has 2 nitrogen and oxygen atoms in total. The highest BCUT2D eigenvalue weighted by Gasteiger charge is 2.57. The fourth-order valence-electron chi connectivity index (χ4n) is 9.03. The van der Waals surface area contributed by atoms with Crippen LogP contribution in [0, 0.1) is 40.9 Å². The Labute approximate surface area is 140 Å². The third-order valence-electron chi connectivity index (χ3n) is 8.94. The van der Waals surface area contributed by atoms with E-state index in [1.165, 1.54) is 77.0 Å². The zero-order chi connectivity index (χ0) is 15.2. The van der Waals surface area contributed by atoms with Gasteiger partial charge in [0.2, 0.25) is 5.91 Å². The summed E-state index contributed by atoms with van der Waals surface area (Å²) in [5, 5.41) is 3.74. The third-order valence-corrected chi connectivity index (χ3v) is 8.94. The van der Waals surface area contributed by atoms with Crippen molar-refractivity contribution < 1.29 is 4.79 Å². The van der Waals surface area contributed by atoms with Crippen LogP contribution in [0.4, 0.5) is 0 Å².